The van der Waals surface area contributed by atoms with Crippen LogP contribution in [-0.2, 0) is 25.2 Å². The molecule has 2 aromatic carbocycles. The summed E-state index contributed by atoms with van der Waals surface area (Å²) in [6.45, 7) is 0.438. The normalized spacial score (nSPS) is 13.7. The number of ether oxygens (including phenoxy) is 3. The highest BCUT2D eigenvalue weighted by atomic mass is 19.4. The van der Waals surface area contributed by atoms with Crippen molar-refractivity contribution in [2.24, 2.45) is 0 Å². The molecule has 0 unspecified atom stereocenters. The molecule has 2 amide bonds. The number of rotatable bonds is 8. The molecule has 0 bridgehead atoms. The summed E-state index contributed by atoms with van der Waals surface area (Å²) in [7, 11) is 1.48. The van der Waals surface area contributed by atoms with Crippen LogP contribution in [0.25, 0.3) is 0 Å². The third-order valence-corrected chi connectivity index (χ3v) is 5.06. The first kappa shape index (κ1) is 25.8. The van der Waals surface area contributed by atoms with E-state index in [1.807, 2.05) is 0 Å². The van der Waals surface area contributed by atoms with E-state index in [1.165, 1.54) is 25.3 Å². The molecule has 0 aromatic heterocycles. The van der Waals surface area contributed by atoms with Gasteiger partial charge in [-0.05, 0) is 42.5 Å². The van der Waals surface area contributed by atoms with Crippen molar-refractivity contribution in [1.82, 2.24) is 5.32 Å². The van der Waals surface area contributed by atoms with Crippen molar-refractivity contribution >= 4 is 29.2 Å². The van der Waals surface area contributed by atoms with Gasteiger partial charge in [-0.15, -0.1) is 0 Å². The van der Waals surface area contributed by atoms with Gasteiger partial charge in [0.1, 0.15) is 12.3 Å². The van der Waals surface area contributed by atoms with Crippen LogP contribution >= 0.6 is 0 Å². The number of nitrogens with one attached hydrogen (secondary N) is 2. The van der Waals surface area contributed by atoms with Crippen molar-refractivity contribution in [3.63, 3.8) is 0 Å². The number of hydrogen-bond acceptors (Lipinski definition) is 7. The Kier molecular flexibility index (Phi) is 8.53. The summed E-state index contributed by atoms with van der Waals surface area (Å²) in [5.41, 5.74) is -0.303. The van der Waals surface area contributed by atoms with Crippen molar-refractivity contribution in [1.29, 1.82) is 0 Å². The van der Waals surface area contributed by atoms with Crippen LogP contribution in [0.2, 0.25) is 0 Å². The Morgan fingerprint density at radius 3 is 2.37 bits per heavy atom. The lowest BCUT2D eigenvalue weighted by atomic mass is 10.1. The lowest BCUT2D eigenvalue weighted by Gasteiger charge is -2.31. The van der Waals surface area contributed by atoms with Crippen LogP contribution in [0.5, 0.6) is 5.75 Å². The molecule has 0 aliphatic carbocycles. The average molecular weight is 495 g/mol. The topological polar surface area (TPSA) is 106 Å². The summed E-state index contributed by atoms with van der Waals surface area (Å²) >= 11 is 0. The van der Waals surface area contributed by atoms with Gasteiger partial charge in [0.2, 0.25) is 0 Å². The van der Waals surface area contributed by atoms with E-state index in [9.17, 15) is 27.6 Å². The minimum Gasteiger partial charge on any atom is -0.497 e. The Morgan fingerprint density at radius 2 is 1.74 bits per heavy atom. The van der Waals surface area contributed by atoms with Crippen LogP contribution in [0.15, 0.2) is 42.5 Å². The number of methoxy groups -OCH3 is 1. The third-order valence-electron chi connectivity index (χ3n) is 5.06. The smallest absolute Gasteiger partial charge is 0.416 e. The van der Waals surface area contributed by atoms with E-state index in [0.717, 1.165) is 12.1 Å². The quantitative estimate of drug-likeness (QED) is 0.542. The molecule has 12 heteroatoms. The summed E-state index contributed by atoms with van der Waals surface area (Å²) in [4.78, 5) is 38.1. The summed E-state index contributed by atoms with van der Waals surface area (Å²) in [5, 5.41) is 4.74. The maximum absolute atomic E-state index is 13.2. The molecule has 0 spiro atoms. The maximum atomic E-state index is 13.2. The second kappa shape index (κ2) is 11.6. The lowest BCUT2D eigenvalue weighted by molar-refractivity contribution is -0.146. The number of hydrogen-bond donors (Lipinski definition) is 2. The molecule has 35 heavy (non-hydrogen) atoms. The van der Waals surface area contributed by atoms with Gasteiger partial charge in [-0.1, -0.05) is 0 Å². The van der Waals surface area contributed by atoms with Gasteiger partial charge in [0.05, 0.1) is 37.3 Å². The predicted octanol–water partition coefficient (Wildman–Crippen LogP) is 2.46. The molecule has 2 N–H and O–H groups in total. The zero-order valence-electron chi connectivity index (χ0n) is 18.8. The fourth-order valence-electron chi connectivity index (χ4n) is 3.27. The molecular weight excluding hydrogens is 471 g/mol. The summed E-state index contributed by atoms with van der Waals surface area (Å²) in [6.07, 6.45) is -4.60. The van der Waals surface area contributed by atoms with Crippen LogP contribution in [0.4, 0.5) is 24.5 Å². The van der Waals surface area contributed by atoms with E-state index in [0.29, 0.717) is 37.7 Å². The van der Waals surface area contributed by atoms with Crippen LogP contribution in [0, 0.1) is 0 Å². The van der Waals surface area contributed by atoms with Gasteiger partial charge in [0.15, 0.2) is 6.61 Å². The van der Waals surface area contributed by atoms with Gasteiger partial charge in [-0.3, -0.25) is 14.4 Å². The van der Waals surface area contributed by atoms with E-state index in [2.05, 4.69) is 10.6 Å². The van der Waals surface area contributed by atoms with Crippen molar-refractivity contribution < 1.29 is 41.8 Å². The number of amides is 2. The Balaban J connectivity index is 1.55. The second-order valence-electron chi connectivity index (χ2n) is 7.45. The van der Waals surface area contributed by atoms with Crippen molar-refractivity contribution in [2.75, 3.05) is 56.8 Å². The van der Waals surface area contributed by atoms with Gasteiger partial charge < -0.3 is 29.7 Å². The molecule has 1 heterocycles. The number of halogens is 3. The summed E-state index contributed by atoms with van der Waals surface area (Å²) in [6, 6.07) is 9.23. The SMILES string of the molecule is COc1ccc(C(=O)NCC(=O)OCC(=O)Nc2cc(C(F)(F)F)ccc2N2CCOCC2)cc1. The zero-order valence-corrected chi connectivity index (χ0v) is 18.8. The number of benzene rings is 2. The number of alkyl halides is 3. The van der Waals surface area contributed by atoms with Gasteiger partial charge in [-0.2, -0.15) is 13.2 Å². The minimum absolute atomic E-state index is 0.0596. The molecule has 2 aromatic rings. The lowest BCUT2D eigenvalue weighted by Crippen LogP contribution is -2.37. The first-order valence-electron chi connectivity index (χ1n) is 10.6. The highest BCUT2D eigenvalue weighted by Crippen LogP contribution is 2.35. The van der Waals surface area contributed by atoms with Gasteiger partial charge >= 0.3 is 12.1 Å². The molecule has 1 aliphatic heterocycles. The monoisotopic (exact) mass is 495 g/mol. The molecule has 0 radical (unpaired) electrons. The molecule has 3 rings (SSSR count). The first-order chi connectivity index (χ1) is 16.7. The Bertz CT molecular complexity index is 1050. The maximum Gasteiger partial charge on any atom is 0.416 e. The Morgan fingerprint density at radius 1 is 1.06 bits per heavy atom. The highest BCUT2D eigenvalue weighted by Gasteiger charge is 2.32. The molecule has 0 saturated carbocycles. The van der Waals surface area contributed by atoms with E-state index in [-0.39, 0.29) is 11.3 Å². The molecule has 9 nitrogen and oxygen atoms in total. The number of nitrogens with zero attached hydrogens (tertiary/aromatic N) is 1. The van der Waals surface area contributed by atoms with Crippen molar-refractivity contribution in [3.8, 4) is 5.75 Å². The first-order valence-corrected chi connectivity index (χ1v) is 10.6. The summed E-state index contributed by atoms with van der Waals surface area (Å²) < 4.78 is 54.7. The number of carbonyl (C=O) groups is 3. The van der Waals surface area contributed by atoms with E-state index < -0.39 is 42.7 Å². The van der Waals surface area contributed by atoms with Gasteiger partial charge in [-0.25, -0.2) is 0 Å². The van der Waals surface area contributed by atoms with Crippen LogP contribution in [-0.4, -0.2) is 64.3 Å². The largest absolute Gasteiger partial charge is 0.497 e. The Labute approximate surface area is 199 Å². The predicted molar refractivity (Wildman–Crippen MR) is 119 cm³/mol. The molecule has 1 fully saturated rings. The van der Waals surface area contributed by atoms with Crippen LogP contribution in [0.1, 0.15) is 15.9 Å². The van der Waals surface area contributed by atoms with Crippen LogP contribution < -0.4 is 20.3 Å². The number of carbonyl (C=O) groups excluding carboxylic acids is 3. The van der Waals surface area contributed by atoms with Crippen molar-refractivity contribution in [3.05, 3.63) is 53.6 Å². The third kappa shape index (κ3) is 7.34. The van der Waals surface area contributed by atoms with Crippen LogP contribution in [0.3, 0.4) is 0 Å². The van der Waals surface area contributed by atoms with Gasteiger partial charge in [0.25, 0.3) is 11.8 Å². The molecular formula is C23H24F3N3O6. The van der Waals surface area contributed by atoms with Gasteiger partial charge in [0, 0.05) is 18.7 Å². The average Bonchev–Trinajstić information content (AvgIpc) is 2.86. The molecule has 1 saturated heterocycles. The van der Waals surface area contributed by atoms with E-state index in [1.54, 1.807) is 17.0 Å². The minimum atomic E-state index is -4.60. The number of anilines is 2. The number of esters is 1. The zero-order chi connectivity index (χ0) is 25.4. The fourth-order valence-corrected chi connectivity index (χ4v) is 3.27. The van der Waals surface area contributed by atoms with E-state index in [4.69, 9.17) is 14.2 Å². The highest BCUT2D eigenvalue weighted by molar-refractivity contribution is 5.97. The summed E-state index contributed by atoms with van der Waals surface area (Å²) in [5.74, 6) is -1.69. The van der Waals surface area contributed by atoms with E-state index >= 15 is 0 Å². The fraction of sp³-hybridized carbons (Fsp3) is 0.348. The molecule has 188 valence electrons. The molecule has 0 atom stereocenters. The molecule has 1 aliphatic rings. The number of morpholine rings is 1. The second-order valence-corrected chi connectivity index (χ2v) is 7.45. The Hall–Kier alpha value is -3.80. The van der Waals surface area contributed by atoms with Crippen molar-refractivity contribution in [2.45, 2.75) is 6.18 Å². The standard InChI is InChI=1S/C23H24F3N3O6/c1-33-17-5-2-15(3-6-17)22(32)27-13-21(31)35-14-20(30)28-18-12-16(23(24,25)26)4-7-19(18)29-8-10-34-11-9-29/h2-7,12H,8-11,13-14H2,1H3,(H,27,32)(H,28,30).